The molecule has 1 atom stereocenters. The molecule has 21 heavy (non-hydrogen) atoms. The first-order valence-electron chi connectivity index (χ1n) is 7.75. The first kappa shape index (κ1) is 14.6. The quantitative estimate of drug-likeness (QED) is 0.877. The maximum absolute atomic E-state index is 4.69. The molecule has 0 amide bonds. The number of anilines is 2. The van der Waals surface area contributed by atoms with E-state index in [1.54, 1.807) is 11.3 Å². The number of hydrogen-bond acceptors (Lipinski definition) is 5. The van der Waals surface area contributed by atoms with Crippen LogP contribution < -0.4 is 10.6 Å². The normalized spacial score (nSPS) is 20.9. The average Bonchev–Trinajstić information content (AvgIpc) is 2.92. The van der Waals surface area contributed by atoms with Crippen molar-refractivity contribution in [3.8, 4) is 0 Å². The lowest BCUT2D eigenvalue weighted by Crippen LogP contribution is -2.19. The number of fused-ring (bicyclic) bond motifs is 1. The van der Waals surface area contributed by atoms with E-state index in [0.29, 0.717) is 11.5 Å². The Balaban J connectivity index is 1.92. The molecule has 2 N–H and O–H groups in total. The predicted molar refractivity (Wildman–Crippen MR) is 91.4 cm³/mol. The zero-order valence-corrected chi connectivity index (χ0v) is 14.1. The molecule has 0 radical (unpaired) electrons. The Hall–Kier alpha value is -1.36. The zero-order chi connectivity index (χ0) is 15.0. The predicted octanol–water partition coefficient (Wildman–Crippen LogP) is 4.42. The van der Waals surface area contributed by atoms with Crippen molar-refractivity contribution >= 4 is 33.3 Å². The molecule has 1 aliphatic carbocycles. The van der Waals surface area contributed by atoms with Gasteiger partial charge in [-0.25, -0.2) is 4.98 Å². The third kappa shape index (κ3) is 3.12. The van der Waals surface area contributed by atoms with Gasteiger partial charge in [-0.15, -0.1) is 11.3 Å². The highest BCUT2D eigenvalue weighted by atomic mass is 32.1. The number of aryl methyl sites for hydroxylation is 1. The van der Waals surface area contributed by atoms with Crippen LogP contribution in [-0.2, 0) is 0 Å². The van der Waals surface area contributed by atoms with Crippen molar-refractivity contribution in [2.75, 3.05) is 17.2 Å². The van der Waals surface area contributed by atoms with Gasteiger partial charge in [-0.05, 0) is 44.6 Å². The highest BCUT2D eigenvalue weighted by Gasteiger charge is 2.31. The lowest BCUT2D eigenvalue weighted by atomic mass is 9.92. The lowest BCUT2D eigenvalue weighted by Gasteiger charge is -2.18. The van der Waals surface area contributed by atoms with Crippen LogP contribution in [0.4, 0.5) is 11.8 Å². The third-order valence-corrected chi connectivity index (χ3v) is 5.10. The van der Waals surface area contributed by atoms with Gasteiger partial charge in [-0.3, -0.25) is 0 Å². The minimum Gasteiger partial charge on any atom is -0.367 e. The van der Waals surface area contributed by atoms with E-state index in [2.05, 4.69) is 54.4 Å². The van der Waals surface area contributed by atoms with Crippen LogP contribution in [0.5, 0.6) is 0 Å². The molecule has 0 spiro atoms. The lowest BCUT2D eigenvalue weighted by molar-refractivity contribution is 0.378. The smallest absolute Gasteiger partial charge is 0.226 e. The molecule has 3 rings (SSSR count). The minimum absolute atomic E-state index is 0.443. The van der Waals surface area contributed by atoms with Gasteiger partial charge in [0.2, 0.25) is 5.95 Å². The van der Waals surface area contributed by atoms with Crippen LogP contribution in [0.3, 0.4) is 0 Å². The van der Waals surface area contributed by atoms with Crippen molar-refractivity contribution in [2.45, 2.75) is 53.0 Å². The molecule has 4 nitrogen and oxygen atoms in total. The van der Waals surface area contributed by atoms with Crippen LogP contribution in [0.25, 0.3) is 10.2 Å². The standard InChI is InChI=1S/C16H24N4S/c1-5-17-15-19-13(12-8-10(2)21-14(12)20-15)18-11-6-7-16(3,4)9-11/h8,11H,5-7,9H2,1-4H3,(H2,17,18,19,20). The summed E-state index contributed by atoms with van der Waals surface area (Å²) in [6.07, 6.45) is 3.71. The van der Waals surface area contributed by atoms with Crippen molar-refractivity contribution < 1.29 is 0 Å². The minimum atomic E-state index is 0.443. The fourth-order valence-corrected chi connectivity index (χ4v) is 4.02. The fraction of sp³-hybridized carbons (Fsp3) is 0.625. The summed E-state index contributed by atoms with van der Waals surface area (Å²) >= 11 is 1.73. The van der Waals surface area contributed by atoms with E-state index in [9.17, 15) is 0 Å². The van der Waals surface area contributed by atoms with E-state index < -0.39 is 0 Å². The second-order valence-corrected chi connectivity index (χ2v) is 7.99. The van der Waals surface area contributed by atoms with Gasteiger partial charge in [0.15, 0.2) is 0 Å². The number of hydrogen-bond donors (Lipinski definition) is 2. The SMILES string of the molecule is CCNc1nc(NC2CCC(C)(C)C2)c2cc(C)sc2n1. The number of aromatic nitrogens is 2. The molecule has 1 aliphatic rings. The third-order valence-electron chi connectivity index (χ3n) is 4.16. The molecule has 114 valence electrons. The van der Waals surface area contributed by atoms with Crippen molar-refractivity contribution in [1.82, 2.24) is 9.97 Å². The Morgan fingerprint density at radius 1 is 1.38 bits per heavy atom. The van der Waals surface area contributed by atoms with Crippen LogP contribution >= 0.6 is 11.3 Å². The molecule has 1 unspecified atom stereocenters. The number of nitrogens with zero attached hydrogens (tertiary/aromatic N) is 2. The van der Waals surface area contributed by atoms with E-state index in [0.717, 1.165) is 28.5 Å². The molecule has 5 heteroatoms. The molecule has 0 saturated heterocycles. The van der Waals surface area contributed by atoms with Crippen LogP contribution in [0.1, 0.15) is 44.9 Å². The Labute approximate surface area is 130 Å². The number of nitrogens with one attached hydrogen (secondary N) is 2. The van der Waals surface area contributed by atoms with Gasteiger partial charge in [-0.1, -0.05) is 13.8 Å². The summed E-state index contributed by atoms with van der Waals surface area (Å²) in [5.74, 6) is 1.72. The second kappa shape index (κ2) is 5.44. The molecule has 2 heterocycles. The number of thiophene rings is 1. The first-order chi connectivity index (χ1) is 9.97. The molecule has 1 saturated carbocycles. The largest absolute Gasteiger partial charge is 0.367 e. The summed E-state index contributed by atoms with van der Waals surface area (Å²) in [4.78, 5) is 11.6. The summed E-state index contributed by atoms with van der Waals surface area (Å²) in [5.41, 5.74) is 0.443. The topological polar surface area (TPSA) is 49.8 Å². The van der Waals surface area contributed by atoms with E-state index in [1.807, 2.05) is 0 Å². The Bertz CT molecular complexity index is 647. The molecule has 0 bridgehead atoms. The van der Waals surface area contributed by atoms with Crippen LogP contribution in [0.2, 0.25) is 0 Å². The number of rotatable bonds is 4. The summed E-state index contributed by atoms with van der Waals surface area (Å²) in [7, 11) is 0. The highest BCUT2D eigenvalue weighted by Crippen LogP contribution is 2.39. The monoisotopic (exact) mass is 304 g/mol. The molecule has 2 aromatic heterocycles. The van der Waals surface area contributed by atoms with Gasteiger partial charge >= 0.3 is 0 Å². The summed E-state index contributed by atoms with van der Waals surface area (Å²) in [6.45, 7) is 9.74. The summed E-state index contributed by atoms with van der Waals surface area (Å²) in [6, 6.07) is 2.71. The molecular weight excluding hydrogens is 280 g/mol. The van der Waals surface area contributed by atoms with E-state index in [4.69, 9.17) is 0 Å². The summed E-state index contributed by atoms with van der Waals surface area (Å²) < 4.78 is 0. The Morgan fingerprint density at radius 3 is 2.86 bits per heavy atom. The van der Waals surface area contributed by atoms with Crippen LogP contribution in [0.15, 0.2) is 6.07 Å². The van der Waals surface area contributed by atoms with E-state index >= 15 is 0 Å². The Morgan fingerprint density at radius 2 is 2.19 bits per heavy atom. The van der Waals surface area contributed by atoms with Crippen LogP contribution in [0, 0.1) is 12.3 Å². The fourth-order valence-electron chi connectivity index (χ4n) is 3.14. The van der Waals surface area contributed by atoms with E-state index in [-0.39, 0.29) is 0 Å². The van der Waals surface area contributed by atoms with Crippen molar-refractivity contribution in [1.29, 1.82) is 0 Å². The molecule has 0 aromatic carbocycles. The molecule has 1 fully saturated rings. The van der Waals surface area contributed by atoms with Gasteiger partial charge in [-0.2, -0.15) is 4.98 Å². The Kier molecular flexibility index (Phi) is 3.78. The van der Waals surface area contributed by atoms with Gasteiger partial charge in [0.1, 0.15) is 10.6 Å². The van der Waals surface area contributed by atoms with Crippen molar-refractivity contribution in [3.05, 3.63) is 10.9 Å². The first-order valence-corrected chi connectivity index (χ1v) is 8.57. The van der Waals surface area contributed by atoms with Gasteiger partial charge in [0, 0.05) is 17.5 Å². The molecule has 2 aromatic rings. The van der Waals surface area contributed by atoms with Crippen LogP contribution in [-0.4, -0.2) is 22.6 Å². The maximum Gasteiger partial charge on any atom is 0.226 e. The van der Waals surface area contributed by atoms with Crippen molar-refractivity contribution in [2.24, 2.45) is 5.41 Å². The average molecular weight is 304 g/mol. The van der Waals surface area contributed by atoms with Gasteiger partial charge < -0.3 is 10.6 Å². The van der Waals surface area contributed by atoms with Crippen molar-refractivity contribution in [3.63, 3.8) is 0 Å². The molecule has 0 aliphatic heterocycles. The van der Waals surface area contributed by atoms with Gasteiger partial charge in [0.25, 0.3) is 0 Å². The summed E-state index contributed by atoms with van der Waals surface area (Å²) in [5, 5.41) is 8.06. The second-order valence-electron chi connectivity index (χ2n) is 6.75. The van der Waals surface area contributed by atoms with Gasteiger partial charge in [0.05, 0.1) is 5.39 Å². The maximum atomic E-state index is 4.69. The highest BCUT2D eigenvalue weighted by molar-refractivity contribution is 7.18. The zero-order valence-electron chi connectivity index (χ0n) is 13.3. The van der Waals surface area contributed by atoms with E-state index in [1.165, 1.54) is 24.1 Å². The molecular formula is C16H24N4S.